The molecule has 0 bridgehead atoms. The third-order valence-electron chi connectivity index (χ3n) is 5.00. The number of aliphatic carboxylic acids is 2. The molecular weight excluding hydrogens is 395 g/mol. The zero-order valence-corrected chi connectivity index (χ0v) is 15.9. The van der Waals surface area contributed by atoms with Crippen LogP contribution in [0.2, 0.25) is 0 Å². The van der Waals surface area contributed by atoms with Crippen LogP contribution in [-0.2, 0) is 15.0 Å². The van der Waals surface area contributed by atoms with E-state index in [1.165, 1.54) is 0 Å². The van der Waals surface area contributed by atoms with Gasteiger partial charge in [0, 0.05) is 5.69 Å². The van der Waals surface area contributed by atoms with Gasteiger partial charge in [-0.15, -0.1) is 0 Å². The van der Waals surface area contributed by atoms with Crippen LogP contribution >= 0.6 is 0 Å². The van der Waals surface area contributed by atoms with Gasteiger partial charge in [0.05, 0.1) is 31.6 Å². The van der Waals surface area contributed by atoms with Gasteiger partial charge in [0.1, 0.15) is 6.04 Å². The van der Waals surface area contributed by atoms with Crippen LogP contribution in [0, 0.1) is 0 Å². The van der Waals surface area contributed by atoms with Crippen molar-refractivity contribution in [1.29, 1.82) is 0 Å². The molecule has 2 aliphatic heterocycles. The summed E-state index contributed by atoms with van der Waals surface area (Å²) in [7, 11) is 0. The average molecular weight is 418 g/mol. The van der Waals surface area contributed by atoms with Crippen molar-refractivity contribution >= 4 is 23.7 Å². The fourth-order valence-corrected chi connectivity index (χ4v) is 3.12. The SMILES string of the molecule is CC(C)(C(=O)O)c1ccc(N2C[C@@H]3C[NH2+]CCN3C2=O)cc1.O=C(O)C(F)(F)F. The molecule has 0 aliphatic carbocycles. The maximum Gasteiger partial charge on any atom is 0.490 e. The third kappa shape index (κ3) is 4.97. The molecule has 11 heteroatoms. The van der Waals surface area contributed by atoms with Gasteiger partial charge in [-0.25, -0.2) is 9.59 Å². The second kappa shape index (κ2) is 8.27. The van der Waals surface area contributed by atoms with Crippen molar-refractivity contribution < 1.29 is 43.1 Å². The first-order chi connectivity index (χ1) is 13.4. The van der Waals surface area contributed by atoms with Crippen LogP contribution in [-0.4, -0.2) is 71.5 Å². The summed E-state index contributed by atoms with van der Waals surface area (Å²) in [6, 6.07) is 7.64. The topological polar surface area (TPSA) is 115 Å². The zero-order chi connectivity index (χ0) is 22.0. The maximum absolute atomic E-state index is 12.5. The largest absolute Gasteiger partial charge is 0.490 e. The van der Waals surface area contributed by atoms with E-state index in [4.69, 9.17) is 9.90 Å². The highest BCUT2D eigenvalue weighted by Gasteiger charge is 2.41. The van der Waals surface area contributed by atoms with E-state index in [2.05, 4.69) is 5.32 Å². The van der Waals surface area contributed by atoms with Gasteiger partial charge in [-0.3, -0.25) is 9.69 Å². The van der Waals surface area contributed by atoms with E-state index in [-0.39, 0.29) is 12.1 Å². The van der Waals surface area contributed by atoms with Crippen molar-refractivity contribution in [3.8, 4) is 0 Å². The maximum atomic E-state index is 12.5. The number of anilines is 1. The Hall–Kier alpha value is -2.82. The fraction of sp³-hybridized carbons (Fsp3) is 0.500. The van der Waals surface area contributed by atoms with Crippen molar-refractivity contribution in [1.82, 2.24) is 4.90 Å². The molecule has 2 amide bonds. The number of hydrogen-bond acceptors (Lipinski definition) is 3. The lowest BCUT2D eigenvalue weighted by Crippen LogP contribution is -2.91. The Balaban J connectivity index is 0.000000370. The molecule has 2 aliphatic rings. The molecule has 0 radical (unpaired) electrons. The van der Waals surface area contributed by atoms with Crippen LogP contribution in [0.4, 0.5) is 23.7 Å². The Morgan fingerprint density at radius 2 is 1.66 bits per heavy atom. The summed E-state index contributed by atoms with van der Waals surface area (Å²) in [5.74, 6) is -3.61. The standard InChI is InChI=1S/C16H21N3O3.C2HF3O2/c1-16(2,14(20)21)11-3-5-12(6-4-11)19-10-13-9-17-7-8-18(13)15(19)22;3-2(4,5)1(6)7/h3-6,13,17H,7-10H2,1-2H3,(H,20,21);(H,6,7)/p+1/t13-;/m0./s1. The normalized spacial score (nSPS) is 19.3. The van der Waals surface area contributed by atoms with E-state index in [1.807, 2.05) is 17.0 Å². The molecule has 0 saturated carbocycles. The first-order valence-corrected chi connectivity index (χ1v) is 8.89. The molecule has 0 unspecified atom stereocenters. The lowest BCUT2D eigenvalue weighted by atomic mass is 9.85. The third-order valence-corrected chi connectivity index (χ3v) is 5.00. The number of carbonyl (C=O) groups excluding carboxylic acids is 1. The number of carboxylic acid groups (broad SMARTS) is 2. The molecule has 29 heavy (non-hydrogen) atoms. The second-order valence-electron chi connectivity index (χ2n) is 7.33. The van der Waals surface area contributed by atoms with Crippen molar-refractivity contribution in [2.24, 2.45) is 0 Å². The van der Waals surface area contributed by atoms with Crippen molar-refractivity contribution in [2.45, 2.75) is 31.5 Å². The summed E-state index contributed by atoms with van der Waals surface area (Å²) < 4.78 is 31.7. The average Bonchev–Trinajstić information content (AvgIpc) is 2.98. The summed E-state index contributed by atoms with van der Waals surface area (Å²) in [4.78, 5) is 36.4. The number of quaternary nitrogens is 1. The summed E-state index contributed by atoms with van der Waals surface area (Å²) in [6.45, 7) is 6.78. The van der Waals surface area contributed by atoms with Gasteiger partial charge in [-0.05, 0) is 31.5 Å². The van der Waals surface area contributed by atoms with E-state index in [9.17, 15) is 27.9 Å². The Morgan fingerprint density at radius 3 is 2.10 bits per heavy atom. The number of fused-ring (bicyclic) bond motifs is 1. The first kappa shape index (κ1) is 22.5. The number of nitrogens with two attached hydrogens (primary N) is 1. The molecule has 4 N–H and O–H groups in total. The van der Waals surface area contributed by atoms with Crippen LogP contribution < -0.4 is 10.2 Å². The Bertz CT molecular complexity index is 780. The molecule has 1 aromatic carbocycles. The first-order valence-electron chi connectivity index (χ1n) is 8.89. The van der Waals surface area contributed by atoms with Crippen LogP contribution in [0.3, 0.4) is 0 Å². The molecule has 3 rings (SSSR count). The summed E-state index contributed by atoms with van der Waals surface area (Å²) in [6.07, 6.45) is -5.08. The molecular formula is C18H23F3N3O5+. The number of carbonyl (C=O) groups is 3. The minimum absolute atomic E-state index is 0.0587. The molecule has 2 saturated heterocycles. The number of benzene rings is 1. The second-order valence-corrected chi connectivity index (χ2v) is 7.33. The van der Waals surface area contributed by atoms with Crippen LogP contribution in [0.15, 0.2) is 24.3 Å². The highest BCUT2D eigenvalue weighted by atomic mass is 19.4. The predicted molar refractivity (Wildman–Crippen MR) is 95.7 cm³/mol. The number of amides is 2. The van der Waals surface area contributed by atoms with E-state index in [0.29, 0.717) is 6.54 Å². The molecule has 160 valence electrons. The molecule has 2 heterocycles. The Morgan fingerprint density at radius 1 is 1.10 bits per heavy atom. The molecule has 1 aromatic rings. The van der Waals surface area contributed by atoms with Gasteiger partial charge >= 0.3 is 24.1 Å². The number of hydrogen-bond donors (Lipinski definition) is 3. The van der Waals surface area contributed by atoms with Gasteiger partial charge < -0.3 is 20.4 Å². The van der Waals surface area contributed by atoms with Gasteiger partial charge in [0.2, 0.25) is 0 Å². The number of urea groups is 1. The molecule has 2 fully saturated rings. The van der Waals surface area contributed by atoms with Crippen molar-refractivity contribution in [3.63, 3.8) is 0 Å². The molecule has 1 atom stereocenters. The van der Waals surface area contributed by atoms with Crippen molar-refractivity contribution in [2.75, 3.05) is 31.1 Å². The predicted octanol–water partition coefficient (Wildman–Crippen LogP) is 0.870. The molecule has 8 nitrogen and oxygen atoms in total. The van der Waals surface area contributed by atoms with E-state index < -0.39 is 23.5 Å². The van der Waals surface area contributed by atoms with Crippen LogP contribution in [0.5, 0.6) is 0 Å². The highest BCUT2D eigenvalue weighted by molar-refractivity contribution is 5.94. The number of halogens is 3. The number of nitrogens with zero attached hydrogens (tertiary/aromatic N) is 2. The van der Waals surface area contributed by atoms with Crippen LogP contribution in [0.25, 0.3) is 0 Å². The lowest BCUT2D eigenvalue weighted by molar-refractivity contribution is -0.666. The number of alkyl halides is 3. The highest BCUT2D eigenvalue weighted by Crippen LogP contribution is 2.28. The quantitative estimate of drug-likeness (QED) is 0.674. The minimum atomic E-state index is -5.08. The Kier molecular flexibility index (Phi) is 6.41. The van der Waals surface area contributed by atoms with Crippen LogP contribution in [0.1, 0.15) is 19.4 Å². The van der Waals surface area contributed by atoms with E-state index in [0.717, 1.165) is 30.9 Å². The zero-order valence-electron chi connectivity index (χ0n) is 15.9. The fourth-order valence-electron chi connectivity index (χ4n) is 3.12. The minimum Gasteiger partial charge on any atom is -0.481 e. The summed E-state index contributed by atoms with van der Waals surface area (Å²) >= 11 is 0. The van der Waals surface area contributed by atoms with E-state index >= 15 is 0 Å². The van der Waals surface area contributed by atoms with Crippen molar-refractivity contribution in [3.05, 3.63) is 29.8 Å². The summed E-state index contributed by atoms with van der Waals surface area (Å²) in [5.41, 5.74) is 0.644. The monoisotopic (exact) mass is 418 g/mol. The van der Waals surface area contributed by atoms with Gasteiger partial charge in [0.15, 0.2) is 0 Å². The number of carboxylic acids is 2. The van der Waals surface area contributed by atoms with Gasteiger partial charge in [-0.1, -0.05) is 12.1 Å². The lowest BCUT2D eigenvalue weighted by Gasteiger charge is -2.25. The van der Waals surface area contributed by atoms with Gasteiger partial charge in [0.25, 0.3) is 0 Å². The molecule has 0 spiro atoms. The van der Waals surface area contributed by atoms with E-state index in [1.54, 1.807) is 30.9 Å². The smallest absolute Gasteiger partial charge is 0.481 e. The Labute approximate surface area is 164 Å². The molecule has 0 aromatic heterocycles. The number of piperazine rings is 1. The number of rotatable bonds is 3. The van der Waals surface area contributed by atoms with Gasteiger partial charge in [-0.2, -0.15) is 13.2 Å². The summed E-state index contributed by atoms with van der Waals surface area (Å²) in [5, 5.41) is 18.7.